The van der Waals surface area contributed by atoms with Gasteiger partial charge in [0.05, 0.1) is 24.8 Å². The Morgan fingerprint density at radius 3 is 2.97 bits per heavy atom. The normalized spacial score (nSPS) is 19.6. The topological polar surface area (TPSA) is 101 Å². The zero-order chi connectivity index (χ0) is 25.1. The van der Waals surface area contributed by atoms with Gasteiger partial charge in [-0.25, -0.2) is 4.98 Å². The van der Waals surface area contributed by atoms with Gasteiger partial charge in [-0.2, -0.15) is 5.26 Å². The molecular formula is C28H27N3O4S. The van der Waals surface area contributed by atoms with Crippen molar-refractivity contribution >= 4 is 28.9 Å². The lowest BCUT2D eigenvalue weighted by Crippen LogP contribution is -2.27. The van der Waals surface area contributed by atoms with Crippen LogP contribution in [0, 0.1) is 17.2 Å². The average Bonchev–Trinajstić information content (AvgIpc) is 3.33. The molecule has 1 saturated carbocycles. The predicted octanol–water partition coefficient (Wildman–Crippen LogP) is 5.25. The van der Waals surface area contributed by atoms with Crippen LogP contribution in [-0.2, 0) is 26.2 Å². The number of hydrogen-bond acceptors (Lipinski definition) is 7. The van der Waals surface area contributed by atoms with Crippen molar-refractivity contribution in [2.24, 2.45) is 5.92 Å². The lowest BCUT2D eigenvalue weighted by Gasteiger charge is -2.27. The summed E-state index contributed by atoms with van der Waals surface area (Å²) >= 11 is 1.59. The number of rotatable bonds is 8. The van der Waals surface area contributed by atoms with Gasteiger partial charge in [0.1, 0.15) is 10.8 Å². The number of nitrogens with zero attached hydrogens (tertiary/aromatic N) is 2. The van der Waals surface area contributed by atoms with Crippen molar-refractivity contribution in [1.29, 1.82) is 5.26 Å². The highest BCUT2D eigenvalue weighted by Crippen LogP contribution is 2.61. The first kappa shape index (κ1) is 24.0. The minimum absolute atomic E-state index is 0.0516. The maximum atomic E-state index is 13.5. The average molecular weight is 502 g/mol. The Kier molecular flexibility index (Phi) is 6.75. The summed E-state index contributed by atoms with van der Waals surface area (Å²) in [5.41, 5.74) is 3.87. The fourth-order valence-electron chi connectivity index (χ4n) is 5.10. The van der Waals surface area contributed by atoms with Gasteiger partial charge in [0.15, 0.2) is 0 Å². The first-order chi connectivity index (χ1) is 17.5. The quantitative estimate of drug-likeness (QED) is 0.423. The van der Waals surface area contributed by atoms with E-state index in [0.717, 1.165) is 40.3 Å². The van der Waals surface area contributed by atoms with Crippen molar-refractivity contribution in [1.82, 2.24) is 4.98 Å². The first-order valence-electron chi connectivity index (χ1n) is 12.2. The molecule has 0 bridgehead atoms. The second-order valence-electron chi connectivity index (χ2n) is 9.19. The van der Waals surface area contributed by atoms with Gasteiger partial charge in [0.2, 0.25) is 5.91 Å². The van der Waals surface area contributed by atoms with Crippen LogP contribution < -0.4 is 10.1 Å². The van der Waals surface area contributed by atoms with E-state index in [9.17, 15) is 14.9 Å². The molecule has 2 aromatic carbocycles. The molecule has 7 nitrogen and oxygen atoms in total. The lowest BCUT2D eigenvalue weighted by molar-refractivity contribution is -0.143. The Hall–Kier alpha value is -3.70. The van der Waals surface area contributed by atoms with E-state index < -0.39 is 0 Å². The third-order valence-electron chi connectivity index (χ3n) is 7.02. The maximum Gasteiger partial charge on any atom is 0.305 e. The van der Waals surface area contributed by atoms with Gasteiger partial charge in [-0.05, 0) is 68.5 Å². The number of ether oxygens (including phenoxy) is 2. The van der Waals surface area contributed by atoms with E-state index in [1.165, 1.54) is 0 Å². The highest BCUT2D eigenvalue weighted by Gasteiger charge is 2.61. The smallest absolute Gasteiger partial charge is 0.305 e. The van der Waals surface area contributed by atoms with E-state index in [1.54, 1.807) is 36.6 Å². The number of hydrogen-bond donors (Lipinski definition) is 1. The molecule has 0 unspecified atom stereocenters. The van der Waals surface area contributed by atoms with Crippen LogP contribution >= 0.6 is 11.3 Å². The number of esters is 1. The summed E-state index contributed by atoms with van der Waals surface area (Å²) in [5.74, 6) is 0.379. The van der Waals surface area contributed by atoms with E-state index in [4.69, 9.17) is 9.47 Å². The van der Waals surface area contributed by atoms with Crippen LogP contribution in [0.2, 0.25) is 0 Å². The fraction of sp³-hybridized carbons (Fsp3) is 0.357. The first-order valence-corrected chi connectivity index (χ1v) is 13.1. The number of benzene rings is 2. The van der Waals surface area contributed by atoms with Crippen molar-refractivity contribution < 1.29 is 19.1 Å². The molecular weight excluding hydrogens is 474 g/mol. The van der Waals surface area contributed by atoms with E-state index in [1.807, 2.05) is 23.6 Å². The standard InChI is InChI=1S/C28H27N3O4S/c1-2-34-25(32)5-3-4-19-7-6-18(17-29)14-23(19)31-26(33)22-16-28(22)10-12-35-24-9-8-20(15-21(24)28)27-30-11-13-36-27/h6-9,11,13-15,22H,2-5,10,12,16H2,1H3,(H,31,33)/t22-,28-/m0/s1. The molecule has 36 heavy (non-hydrogen) atoms. The number of aryl methyl sites for hydroxylation is 1. The summed E-state index contributed by atoms with van der Waals surface area (Å²) in [6.07, 6.45) is 4.84. The van der Waals surface area contributed by atoms with E-state index in [2.05, 4.69) is 22.4 Å². The number of aromatic nitrogens is 1. The van der Waals surface area contributed by atoms with Crippen LogP contribution in [0.1, 0.15) is 49.3 Å². The second-order valence-corrected chi connectivity index (χ2v) is 10.1. The molecule has 2 aliphatic rings. The number of nitriles is 1. The third-order valence-corrected chi connectivity index (χ3v) is 7.84. The molecule has 1 aromatic heterocycles. The van der Waals surface area contributed by atoms with E-state index in [0.29, 0.717) is 43.7 Å². The molecule has 2 atom stereocenters. The van der Waals surface area contributed by atoms with Crippen LogP contribution in [0.5, 0.6) is 5.75 Å². The van der Waals surface area contributed by atoms with Crippen molar-refractivity contribution in [3.63, 3.8) is 0 Å². The van der Waals surface area contributed by atoms with Gasteiger partial charge in [0.25, 0.3) is 0 Å². The van der Waals surface area contributed by atoms with Gasteiger partial charge in [0, 0.05) is 46.1 Å². The number of amides is 1. The predicted molar refractivity (Wildman–Crippen MR) is 137 cm³/mol. The molecule has 3 aromatic rings. The SMILES string of the molecule is CCOC(=O)CCCc1ccc(C#N)cc1NC(=O)[C@@H]1C[C@]12CCOc1ccc(-c3nccs3)cc12. The highest BCUT2D eigenvalue weighted by atomic mass is 32.1. The van der Waals surface area contributed by atoms with Gasteiger partial charge >= 0.3 is 5.97 Å². The van der Waals surface area contributed by atoms with Crippen molar-refractivity contribution in [3.05, 3.63) is 64.7 Å². The number of fused-ring (bicyclic) bond motifs is 2. The molecule has 1 fully saturated rings. The summed E-state index contributed by atoms with van der Waals surface area (Å²) < 4.78 is 10.9. The summed E-state index contributed by atoms with van der Waals surface area (Å²) in [5, 5.41) is 15.4. The number of anilines is 1. The van der Waals surface area contributed by atoms with Crippen LogP contribution in [0.4, 0.5) is 5.69 Å². The Morgan fingerprint density at radius 2 is 2.19 bits per heavy atom. The van der Waals surface area contributed by atoms with Gasteiger partial charge in [-0.1, -0.05) is 6.07 Å². The molecule has 1 spiro atoms. The van der Waals surface area contributed by atoms with E-state index in [-0.39, 0.29) is 23.2 Å². The Bertz CT molecular complexity index is 1330. The van der Waals surface area contributed by atoms with Crippen LogP contribution in [-0.4, -0.2) is 30.1 Å². The summed E-state index contributed by atoms with van der Waals surface area (Å²) in [6.45, 7) is 2.73. The third kappa shape index (κ3) is 4.71. The lowest BCUT2D eigenvalue weighted by atomic mass is 9.86. The molecule has 8 heteroatoms. The van der Waals surface area contributed by atoms with Crippen molar-refractivity contribution in [2.45, 2.75) is 44.4 Å². The molecule has 1 amide bonds. The minimum atomic E-state index is -0.248. The largest absolute Gasteiger partial charge is 0.493 e. The zero-order valence-corrected chi connectivity index (χ0v) is 20.9. The van der Waals surface area contributed by atoms with Gasteiger partial charge in [-0.3, -0.25) is 9.59 Å². The molecule has 0 radical (unpaired) electrons. The summed E-state index contributed by atoms with van der Waals surface area (Å²) in [4.78, 5) is 29.6. The Labute approximate surface area is 214 Å². The maximum absolute atomic E-state index is 13.5. The minimum Gasteiger partial charge on any atom is -0.493 e. The Balaban J connectivity index is 1.34. The van der Waals surface area contributed by atoms with Crippen LogP contribution in [0.15, 0.2) is 48.0 Å². The monoisotopic (exact) mass is 501 g/mol. The van der Waals surface area contributed by atoms with Crippen molar-refractivity contribution in [2.75, 3.05) is 18.5 Å². The second kappa shape index (κ2) is 10.1. The van der Waals surface area contributed by atoms with Gasteiger partial charge < -0.3 is 14.8 Å². The number of carbonyl (C=O) groups is 2. The zero-order valence-electron chi connectivity index (χ0n) is 20.1. The molecule has 1 N–H and O–H groups in total. The van der Waals surface area contributed by atoms with Gasteiger partial charge in [-0.15, -0.1) is 11.3 Å². The summed E-state index contributed by atoms with van der Waals surface area (Å²) in [6, 6.07) is 13.6. The Morgan fingerprint density at radius 1 is 1.31 bits per heavy atom. The highest BCUT2D eigenvalue weighted by molar-refractivity contribution is 7.13. The van der Waals surface area contributed by atoms with E-state index >= 15 is 0 Å². The van der Waals surface area contributed by atoms with Crippen molar-refractivity contribution in [3.8, 4) is 22.4 Å². The van der Waals surface area contributed by atoms with Crippen LogP contribution in [0.3, 0.4) is 0 Å². The number of thiazole rings is 1. The number of nitrogens with one attached hydrogen (secondary N) is 1. The molecule has 184 valence electrons. The fourth-order valence-corrected chi connectivity index (χ4v) is 5.74. The molecule has 2 heterocycles. The molecule has 5 rings (SSSR count). The summed E-state index contributed by atoms with van der Waals surface area (Å²) in [7, 11) is 0. The van der Waals surface area contributed by atoms with Crippen LogP contribution in [0.25, 0.3) is 10.6 Å². The molecule has 1 aliphatic heterocycles. The molecule has 0 saturated heterocycles. The molecule has 1 aliphatic carbocycles. The number of carbonyl (C=O) groups excluding carboxylic acids is 2.